The molecule has 0 spiro atoms. The Balaban J connectivity index is 0.000000166. The Morgan fingerprint density at radius 2 is 1.38 bits per heavy atom. The Labute approximate surface area is 163 Å². The average molecular weight is 394 g/mol. The zero-order valence-corrected chi connectivity index (χ0v) is 15.1. The van der Waals surface area contributed by atoms with Crippen LogP contribution in [0.15, 0.2) is 60.9 Å². The summed E-state index contributed by atoms with van der Waals surface area (Å²) in [6.45, 7) is 0. The average Bonchev–Trinajstić information content (AvgIpc) is 2.72. The monoisotopic (exact) mass is 394 g/mol. The minimum Gasteiger partial charge on any atom is -0.508 e. The summed E-state index contributed by atoms with van der Waals surface area (Å²) < 4.78 is 4.98. The number of phenolic OH excluding ortho intramolecular Hbond substituents is 1. The van der Waals surface area contributed by atoms with Gasteiger partial charge >= 0.3 is 0 Å². The van der Waals surface area contributed by atoms with Crippen LogP contribution in [0.4, 0.5) is 11.4 Å². The van der Waals surface area contributed by atoms with Gasteiger partial charge in [-0.2, -0.15) is 0 Å². The standard InChI is InChI=1S/C10H8N2O3.C9H6N2O3/c1-15-8-5-7-3-2-4-11-10(7)9(6-8)12(13)14;12-7-4-6-2-1-3-10-9(6)8(5-7)11(13)14/h2-6H,1H3;1-5,12H. The molecule has 4 aromatic rings. The molecule has 0 aliphatic heterocycles. The largest absolute Gasteiger partial charge is 0.508 e. The molecule has 0 radical (unpaired) electrons. The molecular formula is C19H14N4O6. The molecule has 10 heteroatoms. The van der Waals surface area contributed by atoms with Gasteiger partial charge in [-0.25, -0.2) is 9.97 Å². The lowest BCUT2D eigenvalue weighted by molar-refractivity contribution is -0.383. The molecular weight excluding hydrogens is 380 g/mol. The van der Waals surface area contributed by atoms with E-state index in [1.54, 1.807) is 30.3 Å². The van der Waals surface area contributed by atoms with E-state index < -0.39 is 9.85 Å². The smallest absolute Gasteiger partial charge is 0.299 e. The van der Waals surface area contributed by atoms with E-state index in [2.05, 4.69) is 9.97 Å². The van der Waals surface area contributed by atoms with Crippen LogP contribution in [0.25, 0.3) is 21.8 Å². The topological polar surface area (TPSA) is 142 Å². The van der Waals surface area contributed by atoms with E-state index in [0.717, 1.165) is 6.07 Å². The molecule has 2 aromatic carbocycles. The lowest BCUT2D eigenvalue weighted by atomic mass is 10.2. The van der Waals surface area contributed by atoms with Gasteiger partial charge in [0.25, 0.3) is 11.4 Å². The highest BCUT2D eigenvalue weighted by atomic mass is 16.6. The molecule has 0 fully saturated rings. The second-order valence-electron chi connectivity index (χ2n) is 5.78. The number of aromatic nitrogens is 2. The van der Waals surface area contributed by atoms with Gasteiger partial charge in [0, 0.05) is 23.2 Å². The minimum atomic E-state index is -0.560. The number of nitro benzene ring substituents is 2. The number of phenols is 1. The molecule has 10 nitrogen and oxygen atoms in total. The van der Waals surface area contributed by atoms with Crippen molar-refractivity contribution < 1.29 is 19.7 Å². The van der Waals surface area contributed by atoms with Gasteiger partial charge in [0.05, 0.1) is 29.1 Å². The number of hydrogen-bond donors (Lipinski definition) is 1. The highest BCUT2D eigenvalue weighted by Gasteiger charge is 2.15. The quantitative estimate of drug-likeness (QED) is 0.406. The zero-order chi connectivity index (χ0) is 21.0. The number of ether oxygens (including phenoxy) is 1. The molecule has 0 saturated heterocycles. The highest BCUT2D eigenvalue weighted by Crippen LogP contribution is 2.29. The predicted molar refractivity (Wildman–Crippen MR) is 105 cm³/mol. The first-order chi connectivity index (χ1) is 13.9. The Morgan fingerprint density at radius 1 is 0.862 bits per heavy atom. The van der Waals surface area contributed by atoms with Crippen molar-refractivity contribution >= 4 is 33.2 Å². The van der Waals surface area contributed by atoms with Gasteiger partial charge in [-0.1, -0.05) is 12.1 Å². The molecule has 0 saturated carbocycles. The summed E-state index contributed by atoms with van der Waals surface area (Å²) in [7, 11) is 1.47. The van der Waals surface area contributed by atoms with E-state index in [1.165, 1.54) is 31.6 Å². The number of non-ortho nitro benzene ring substituents is 2. The number of rotatable bonds is 3. The van der Waals surface area contributed by atoms with E-state index in [-0.39, 0.29) is 22.6 Å². The normalized spacial score (nSPS) is 10.2. The Morgan fingerprint density at radius 3 is 1.90 bits per heavy atom. The Hall–Kier alpha value is -4.34. The molecule has 0 bridgehead atoms. The lowest BCUT2D eigenvalue weighted by Gasteiger charge is -2.02. The number of pyridine rings is 2. The van der Waals surface area contributed by atoms with Crippen molar-refractivity contribution in [2.45, 2.75) is 0 Å². The molecule has 0 amide bonds. The summed E-state index contributed by atoms with van der Waals surface area (Å²) >= 11 is 0. The molecule has 146 valence electrons. The van der Waals surface area contributed by atoms with E-state index in [0.29, 0.717) is 22.0 Å². The van der Waals surface area contributed by atoms with E-state index in [9.17, 15) is 25.3 Å². The molecule has 1 N–H and O–H groups in total. The number of nitrogens with zero attached hydrogens (tertiary/aromatic N) is 4. The molecule has 2 heterocycles. The SMILES string of the molecule is COc1cc([N+](=O)[O-])c2ncccc2c1.O=[N+]([O-])c1cc(O)cc2cccnc12. The van der Waals surface area contributed by atoms with Crippen LogP contribution in [0.1, 0.15) is 0 Å². The van der Waals surface area contributed by atoms with E-state index >= 15 is 0 Å². The molecule has 0 atom stereocenters. The van der Waals surface area contributed by atoms with Crippen molar-refractivity contribution in [1.29, 1.82) is 0 Å². The second kappa shape index (κ2) is 8.13. The fraction of sp³-hybridized carbons (Fsp3) is 0.0526. The number of methoxy groups -OCH3 is 1. The van der Waals surface area contributed by atoms with Crippen LogP contribution in [-0.2, 0) is 0 Å². The van der Waals surface area contributed by atoms with Crippen molar-refractivity contribution in [2.75, 3.05) is 7.11 Å². The highest BCUT2D eigenvalue weighted by molar-refractivity contribution is 5.89. The van der Waals surface area contributed by atoms with Crippen molar-refractivity contribution in [2.24, 2.45) is 0 Å². The van der Waals surface area contributed by atoms with Gasteiger partial charge in [-0.3, -0.25) is 20.2 Å². The van der Waals surface area contributed by atoms with Crippen LogP contribution in [0.3, 0.4) is 0 Å². The first-order valence-corrected chi connectivity index (χ1v) is 8.20. The molecule has 0 aliphatic rings. The van der Waals surface area contributed by atoms with E-state index in [1.807, 2.05) is 0 Å². The number of nitro groups is 2. The Kier molecular flexibility index (Phi) is 5.44. The van der Waals surface area contributed by atoms with Gasteiger partial charge in [0.2, 0.25) is 0 Å². The first kappa shape index (κ1) is 19.4. The zero-order valence-electron chi connectivity index (χ0n) is 15.1. The number of hydrogen-bond acceptors (Lipinski definition) is 8. The van der Waals surface area contributed by atoms with Gasteiger partial charge < -0.3 is 9.84 Å². The van der Waals surface area contributed by atoms with Gasteiger partial charge in [-0.05, 0) is 24.3 Å². The third kappa shape index (κ3) is 4.16. The van der Waals surface area contributed by atoms with Crippen LogP contribution >= 0.6 is 0 Å². The van der Waals surface area contributed by atoms with Crippen molar-refractivity contribution in [3.63, 3.8) is 0 Å². The van der Waals surface area contributed by atoms with Crippen LogP contribution in [0.5, 0.6) is 11.5 Å². The second-order valence-corrected chi connectivity index (χ2v) is 5.78. The van der Waals surface area contributed by atoms with Crippen molar-refractivity contribution in [1.82, 2.24) is 9.97 Å². The van der Waals surface area contributed by atoms with Gasteiger partial charge in [0.15, 0.2) is 0 Å². The van der Waals surface area contributed by atoms with Crippen LogP contribution in [0.2, 0.25) is 0 Å². The molecule has 0 unspecified atom stereocenters. The lowest BCUT2D eigenvalue weighted by Crippen LogP contribution is -1.93. The molecule has 29 heavy (non-hydrogen) atoms. The third-order valence-corrected chi connectivity index (χ3v) is 3.96. The summed E-state index contributed by atoms with van der Waals surface area (Å²) in [6, 6.07) is 12.4. The predicted octanol–water partition coefficient (Wildman–Crippen LogP) is 4.00. The third-order valence-electron chi connectivity index (χ3n) is 3.96. The summed E-state index contributed by atoms with van der Waals surface area (Å²) in [5.74, 6) is 0.333. The minimum absolute atomic E-state index is 0.0371. The summed E-state index contributed by atoms with van der Waals surface area (Å²) in [5, 5.41) is 31.9. The van der Waals surface area contributed by atoms with Crippen LogP contribution in [0, 0.1) is 20.2 Å². The summed E-state index contributed by atoms with van der Waals surface area (Å²) in [4.78, 5) is 28.3. The summed E-state index contributed by atoms with van der Waals surface area (Å²) in [6.07, 6.45) is 3.01. The van der Waals surface area contributed by atoms with Gasteiger partial charge in [0.1, 0.15) is 22.5 Å². The maximum Gasteiger partial charge on any atom is 0.299 e. The van der Waals surface area contributed by atoms with Crippen molar-refractivity contribution in [3.05, 3.63) is 81.2 Å². The number of fused-ring (bicyclic) bond motifs is 2. The fourth-order valence-electron chi connectivity index (χ4n) is 2.70. The molecule has 0 aliphatic carbocycles. The maximum absolute atomic E-state index is 10.8. The number of aromatic hydroxyl groups is 1. The number of benzene rings is 2. The van der Waals surface area contributed by atoms with Gasteiger partial charge in [-0.15, -0.1) is 0 Å². The maximum atomic E-state index is 10.8. The fourth-order valence-corrected chi connectivity index (χ4v) is 2.70. The molecule has 2 aromatic heterocycles. The first-order valence-electron chi connectivity index (χ1n) is 8.20. The molecule has 4 rings (SSSR count). The Bertz CT molecular complexity index is 1230. The van der Waals surface area contributed by atoms with Crippen molar-refractivity contribution in [3.8, 4) is 11.5 Å². The van der Waals surface area contributed by atoms with E-state index in [4.69, 9.17) is 4.74 Å². The summed E-state index contributed by atoms with van der Waals surface area (Å²) in [5.41, 5.74) is 0.448. The van der Waals surface area contributed by atoms with Crippen LogP contribution in [-0.4, -0.2) is 32.0 Å². The van der Waals surface area contributed by atoms with Crippen LogP contribution < -0.4 is 4.74 Å².